The molecule has 0 amide bonds. The van der Waals surface area contributed by atoms with Crippen LogP contribution in [0, 0.1) is 15.9 Å². The SMILES string of the molecule is COC(=O)c1cc(F)cc(O)c1[N+](=O)[O-]. The minimum atomic E-state index is -1.09. The van der Waals surface area contributed by atoms with E-state index < -0.39 is 33.7 Å². The summed E-state index contributed by atoms with van der Waals surface area (Å²) in [7, 11) is 0.994. The zero-order valence-electron chi connectivity index (χ0n) is 7.56. The molecule has 1 aromatic carbocycles. The largest absolute Gasteiger partial charge is 0.502 e. The summed E-state index contributed by atoms with van der Waals surface area (Å²) in [6.45, 7) is 0. The van der Waals surface area contributed by atoms with Gasteiger partial charge in [0.2, 0.25) is 0 Å². The van der Waals surface area contributed by atoms with E-state index in [0.29, 0.717) is 12.1 Å². The average Bonchev–Trinajstić information content (AvgIpc) is 2.14. The standard InChI is InChI=1S/C8H6FNO5/c1-15-8(12)5-2-4(9)3-6(11)7(5)10(13)14/h2-3,11H,1H3. The molecule has 0 heterocycles. The number of carbonyl (C=O) groups is 1. The topological polar surface area (TPSA) is 89.7 Å². The number of nitro groups is 1. The van der Waals surface area contributed by atoms with E-state index in [1.54, 1.807) is 0 Å². The van der Waals surface area contributed by atoms with Crippen molar-refractivity contribution in [2.24, 2.45) is 0 Å². The van der Waals surface area contributed by atoms with Gasteiger partial charge in [0, 0.05) is 6.07 Å². The fourth-order valence-electron chi connectivity index (χ4n) is 1.04. The summed E-state index contributed by atoms with van der Waals surface area (Å²) in [5, 5.41) is 19.6. The predicted octanol–water partition coefficient (Wildman–Crippen LogP) is 1.23. The molecule has 0 unspecified atom stereocenters. The number of methoxy groups -OCH3 is 1. The molecule has 0 fully saturated rings. The first kappa shape index (κ1) is 10.9. The molecule has 0 aliphatic heterocycles. The van der Waals surface area contributed by atoms with Crippen LogP contribution in [0.15, 0.2) is 12.1 Å². The number of phenolic OH excluding ortho intramolecular Hbond substituents is 1. The van der Waals surface area contributed by atoms with E-state index in [1.807, 2.05) is 0 Å². The first-order chi connectivity index (χ1) is 6.97. The summed E-state index contributed by atoms with van der Waals surface area (Å²) in [6.07, 6.45) is 0. The quantitative estimate of drug-likeness (QED) is 0.455. The lowest BCUT2D eigenvalue weighted by atomic mass is 10.1. The van der Waals surface area contributed by atoms with Gasteiger partial charge in [0.15, 0.2) is 5.75 Å². The van der Waals surface area contributed by atoms with Crippen molar-refractivity contribution in [1.29, 1.82) is 0 Å². The van der Waals surface area contributed by atoms with Crippen molar-refractivity contribution in [3.05, 3.63) is 33.6 Å². The molecule has 0 aliphatic carbocycles. The second-order valence-corrected chi connectivity index (χ2v) is 2.57. The smallest absolute Gasteiger partial charge is 0.345 e. The molecule has 0 aromatic heterocycles. The maximum absolute atomic E-state index is 12.8. The molecule has 0 saturated heterocycles. The summed E-state index contributed by atoms with van der Waals surface area (Å²) in [5.41, 5.74) is -1.50. The van der Waals surface area contributed by atoms with Crippen LogP contribution in [0.25, 0.3) is 0 Å². The lowest BCUT2D eigenvalue weighted by Crippen LogP contribution is -2.06. The Morgan fingerprint density at radius 3 is 2.67 bits per heavy atom. The lowest BCUT2D eigenvalue weighted by molar-refractivity contribution is -0.386. The zero-order valence-corrected chi connectivity index (χ0v) is 7.56. The Morgan fingerprint density at radius 2 is 2.20 bits per heavy atom. The number of benzene rings is 1. The van der Waals surface area contributed by atoms with Gasteiger partial charge in [-0.15, -0.1) is 0 Å². The molecule has 0 aliphatic rings. The van der Waals surface area contributed by atoms with E-state index in [0.717, 1.165) is 7.11 Å². The van der Waals surface area contributed by atoms with Gasteiger partial charge in [-0.3, -0.25) is 10.1 Å². The number of carbonyl (C=O) groups excluding carboxylic acids is 1. The van der Waals surface area contributed by atoms with Crippen LogP contribution in [0.2, 0.25) is 0 Å². The van der Waals surface area contributed by atoms with E-state index in [2.05, 4.69) is 4.74 Å². The van der Waals surface area contributed by atoms with Gasteiger partial charge in [0.25, 0.3) is 0 Å². The van der Waals surface area contributed by atoms with E-state index in [-0.39, 0.29) is 0 Å². The van der Waals surface area contributed by atoms with Crippen LogP contribution < -0.4 is 0 Å². The summed E-state index contributed by atoms with van der Waals surface area (Å²) in [4.78, 5) is 20.5. The minimum absolute atomic E-state index is 0.546. The van der Waals surface area contributed by atoms with Crippen molar-refractivity contribution in [3.63, 3.8) is 0 Å². The number of aromatic hydroxyl groups is 1. The van der Waals surface area contributed by atoms with Crippen LogP contribution in [0.1, 0.15) is 10.4 Å². The Kier molecular flexibility index (Phi) is 2.84. The fourth-order valence-corrected chi connectivity index (χ4v) is 1.04. The zero-order chi connectivity index (χ0) is 11.6. The molecular formula is C8H6FNO5. The van der Waals surface area contributed by atoms with Gasteiger partial charge in [0.1, 0.15) is 11.4 Å². The van der Waals surface area contributed by atoms with Gasteiger partial charge in [-0.1, -0.05) is 0 Å². The van der Waals surface area contributed by atoms with E-state index >= 15 is 0 Å². The van der Waals surface area contributed by atoms with Crippen LogP contribution in [0.5, 0.6) is 5.75 Å². The predicted molar refractivity (Wildman–Crippen MR) is 46.1 cm³/mol. The molecule has 0 spiro atoms. The van der Waals surface area contributed by atoms with Gasteiger partial charge in [-0.2, -0.15) is 0 Å². The Labute approximate surface area is 83.0 Å². The maximum atomic E-state index is 12.8. The third-order valence-electron chi connectivity index (χ3n) is 1.64. The van der Waals surface area contributed by atoms with Gasteiger partial charge in [0.05, 0.1) is 12.0 Å². The number of phenols is 1. The van der Waals surface area contributed by atoms with Crippen molar-refractivity contribution < 1.29 is 24.0 Å². The second kappa shape index (κ2) is 3.91. The van der Waals surface area contributed by atoms with Crippen molar-refractivity contribution in [2.45, 2.75) is 0 Å². The van der Waals surface area contributed by atoms with Crippen molar-refractivity contribution in [3.8, 4) is 5.75 Å². The van der Waals surface area contributed by atoms with Crippen LogP contribution in [-0.4, -0.2) is 23.1 Å². The van der Waals surface area contributed by atoms with E-state index in [4.69, 9.17) is 5.11 Å². The highest BCUT2D eigenvalue weighted by Gasteiger charge is 2.26. The first-order valence-electron chi connectivity index (χ1n) is 3.72. The van der Waals surface area contributed by atoms with Crippen molar-refractivity contribution in [2.75, 3.05) is 7.11 Å². The normalized spacial score (nSPS) is 9.73. The molecule has 0 saturated carbocycles. The van der Waals surface area contributed by atoms with Gasteiger partial charge in [-0.25, -0.2) is 9.18 Å². The Morgan fingerprint density at radius 1 is 1.60 bits per heavy atom. The molecule has 0 bridgehead atoms. The van der Waals surface area contributed by atoms with Crippen LogP contribution >= 0.6 is 0 Å². The van der Waals surface area contributed by atoms with Crippen molar-refractivity contribution >= 4 is 11.7 Å². The molecule has 15 heavy (non-hydrogen) atoms. The highest BCUT2D eigenvalue weighted by Crippen LogP contribution is 2.31. The third kappa shape index (κ3) is 2.01. The summed E-state index contributed by atoms with van der Waals surface area (Å²) >= 11 is 0. The Hall–Kier alpha value is -2.18. The number of hydrogen-bond donors (Lipinski definition) is 1. The van der Waals surface area contributed by atoms with Gasteiger partial charge < -0.3 is 9.84 Å². The molecule has 80 valence electrons. The Bertz CT molecular complexity index is 431. The number of ether oxygens (including phenoxy) is 1. The number of hydrogen-bond acceptors (Lipinski definition) is 5. The van der Waals surface area contributed by atoms with Crippen LogP contribution in [0.3, 0.4) is 0 Å². The van der Waals surface area contributed by atoms with E-state index in [1.165, 1.54) is 0 Å². The molecule has 1 rings (SSSR count). The molecule has 6 nitrogen and oxygen atoms in total. The molecule has 7 heteroatoms. The number of rotatable bonds is 2. The highest BCUT2D eigenvalue weighted by molar-refractivity contribution is 5.95. The molecule has 1 N–H and O–H groups in total. The number of nitrogens with zero attached hydrogens (tertiary/aromatic N) is 1. The summed E-state index contributed by atoms with van der Waals surface area (Å²) in [6, 6.07) is 1.17. The van der Waals surface area contributed by atoms with Gasteiger partial charge in [-0.05, 0) is 6.07 Å². The average molecular weight is 215 g/mol. The summed E-state index contributed by atoms with van der Waals surface area (Å²) < 4.78 is 17.0. The van der Waals surface area contributed by atoms with Gasteiger partial charge >= 0.3 is 11.7 Å². The highest BCUT2D eigenvalue weighted by atomic mass is 19.1. The molecular weight excluding hydrogens is 209 g/mol. The lowest BCUT2D eigenvalue weighted by Gasteiger charge is -2.02. The van der Waals surface area contributed by atoms with Crippen LogP contribution in [0.4, 0.5) is 10.1 Å². The number of nitro benzene ring substituents is 1. The van der Waals surface area contributed by atoms with Crippen LogP contribution in [-0.2, 0) is 4.74 Å². The minimum Gasteiger partial charge on any atom is -0.502 e. The Balaban J connectivity index is 3.46. The number of halogens is 1. The third-order valence-corrected chi connectivity index (χ3v) is 1.64. The van der Waals surface area contributed by atoms with E-state index in [9.17, 15) is 19.3 Å². The second-order valence-electron chi connectivity index (χ2n) is 2.57. The monoisotopic (exact) mass is 215 g/mol. The summed E-state index contributed by atoms with van der Waals surface area (Å²) in [5.74, 6) is -2.96. The number of esters is 1. The maximum Gasteiger partial charge on any atom is 0.345 e. The molecule has 0 radical (unpaired) electrons. The molecule has 0 atom stereocenters. The molecule has 1 aromatic rings. The fraction of sp³-hybridized carbons (Fsp3) is 0.125. The van der Waals surface area contributed by atoms with Crippen molar-refractivity contribution in [1.82, 2.24) is 0 Å². The first-order valence-corrected chi connectivity index (χ1v) is 3.72.